The summed E-state index contributed by atoms with van der Waals surface area (Å²) < 4.78 is 5.35. The van der Waals surface area contributed by atoms with Gasteiger partial charge < -0.3 is 4.74 Å². The second-order valence-electron chi connectivity index (χ2n) is 6.68. The van der Waals surface area contributed by atoms with Crippen molar-refractivity contribution in [3.05, 3.63) is 0 Å². The molecule has 0 saturated carbocycles. The molecule has 0 aromatic heterocycles. The van der Waals surface area contributed by atoms with Crippen molar-refractivity contribution >= 4 is 5.97 Å². The van der Waals surface area contributed by atoms with Crippen LogP contribution < -0.4 is 0 Å². The molecule has 1 saturated heterocycles. The molecular weight excluding hydrogens is 260 g/mol. The minimum Gasteiger partial charge on any atom is -0.462 e. The fourth-order valence-corrected chi connectivity index (χ4v) is 3.19. The van der Waals surface area contributed by atoms with E-state index < -0.39 is 0 Å². The predicted octanol–water partition coefficient (Wildman–Crippen LogP) is 6.17. The zero-order valence-electron chi connectivity index (χ0n) is 14.2. The quantitative estimate of drug-likeness (QED) is 0.300. The lowest BCUT2D eigenvalue weighted by atomic mass is 10.0. The van der Waals surface area contributed by atoms with E-state index in [1.54, 1.807) is 0 Å². The first-order valence-electron chi connectivity index (χ1n) is 9.52. The molecule has 1 aliphatic heterocycles. The molecule has 1 unspecified atom stereocenters. The van der Waals surface area contributed by atoms with Crippen LogP contribution in [0.2, 0.25) is 0 Å². The van der Waals surface area contributed by atoms with E-state index in [4.69, 9.17) is 4.74 Å². The van der Waals surface area contributed by atoms with E-state index in [9.17, 15) is 4.79 Å². The molecule has 0 radical (unpaired) electrons. The highest BCUT2D eigenvalue weighted by atomic mass is 16.5. The molecule has 21 heavy (non-hydrogen) atoms. The lowest BCUT2D eigenvalue weighted by Crippen LogP contribution is -2.23. The van der Waals surface area contributed by atoms with E-state index >= 15 is 0 Å². The molecule has 0 N–H and O–H groups in total. The van der Waals surface area contributed by atoms with Crippen LogP contribution in [0, 0.1) is 0 Å². The van der Waals surface area contributed by atoms with Crippen molar-refractivity contribution in [2.45, 2.75) is 116 Å². The molecule has 1 rings (SSSR count). The van der Waals surface area contributed by atoms with Crippen LogP contribution in [0.5, 0.6) is 0 Å². The Morgan fingerprint density at radius 3 is 1.90 bits per heavy atom. The van der Waals surface area contributed by atoms with Gasteiger partial charge in [0.15, 0.2) is 0 Å². The fourth-order valence-electron chi connectivity index (χ4n) is 3.19. The van der Waals surface area contributed by atoms with Crippen molar-refractivity contribution in [1.29, 1.82) is 0 Å². The zero-order valence-corrected chi connectivity index (χ0v) is 14.2. The average Bonchev–Trinajstić information content (AvgIpc) is 2.48. The molecule has 0 bridgehead atoms. The molecule has 1 heterocycles. The molecule has 1 fully saturated rings. The Morgan fingerprint density at radius 1 is 0.857 bits per heavy atom. The van der Waals surface area contributed by atoms with Crippen LogP contribution in [0.1, 0.15) is 110 Å². The first-order valence-corrected chi connectivity index (χ1v) is 9.52. The molecule has 0 aliphatic carbocycles. The second kappa shape index (κ2) is 13.2. The minimum absolute atomic E-state index is 0.0187. The lowest BCUT2D eigenvalue weighted by Gasteiger charge is -2.21. The van der Waals surface area contributed by atoms with Crippen molar-refractivity contribution in [2.75, 3.05) is 0 Å². The van der Waals surface area contributed by atoms with Crippen LogP contribution in [-0.4, -0.2) is 12.1 Å². The number of ether oxygens (including phenoxy) is 1. The second-order valence-corrected chi connectivity index (χ2v) is 6.68. The van der Waals surface area contributed by atoms with Crippen molar-refractivity contribution in [1.82, 2.24) is 0 Å². The van der Waals surface area contributed by atoms with Gasteiger partial charge >= 0.3 is 5.97 Å². The number of cyclic esters (lactones) is 1. The normalized spacial score (nSPS) is 18.7. The summed E-state index contributed by atoms with van der Waals surface area (Å²) in [5, 5.41) is 0. The van der Waals surface area contributed by atoms with Gasteiger partial charge in [-0.2, -0.15) is 0 Å². The molecule has 1 atom stereocenters. The lowest BCUT2D eigenvalue weighted by molar-refractivity contribution is -0.154. The highest BCUT2D eigenvalue weighted by Gasteiger charge is 2.19. The fraction of sp³-hybridized carbons (Fsp3) is 0.947. The third kappa shape index (κ3) is 10.8. The van der Waals surface area contributed by atoms with Crippen molar-refractivity contribution in [2.24, 2.45) is 0 Å². The van der Waals surface area contributed by atoms with Crippen LogP contribution >= 0.6 is 0 Å². The van der Waals surface area contributed by atoms with Gasteiger partial charge in [-0.3, -0.25) is 4.79 Å². The Balaban J connectivity index is 1.75. The van der Waals surface area contributed by atoms with Gasteiger partial charge in [-0.15, -0.1) is 0 Å². The van der Waals surface area contributed by atoms with Crippen molar-refractivity contribution < 1.29 is 9.53 Å². The summed E-state index contributed by atoms with van der Waals surface area (Å²) in [6.45, 7) is 2.28. The summed E-state index contributed by atoms with van der Waals surface area (Å²) in [5.74, 6) is 0.0187. The van der Waals surface area contributed by atoms with E-state index in [1.165, 1.54) is 77.0 Å². The van der Waals surface area contributed by atoms with Gasteiger partial charge in [-0.25, -0.2) is 0 Å². The third-order valence-electron chi connectivity index (χ3n) is 4.58. The number of carbonyl (C=O) groups is 1. The maximum atomic E-state index is 11.2. The maximum Gasteiger partial charge on any atom is 0.306 e. The first-order chi connectivity index (χ1) is 10.3. The van der Waals surface area contributed by atoms with E-state index in [2.05, 4.69) is 6.92 Å². The van der Waals surface area contributed by atoms with E-state index in [-0.39, 0.29) is 12.1 Å². The van der Waals surface area contributed by atoms with Gasteiger partial charge in [-0.05, 0) is 25.7 Å². The van der Waals surface area contributed by atoms with Crippen LogP contribution in [0.15, 0.2) is 0 Å². The van der Waals surface area contributed by atoms with Crippen molar-refractivity contribution in [3.63, 3.8) is 0 Å². The minimum atomic E-state index is 0.0187. The Kier molecular flexibility index (Phi) is 11.6. The highest BCUT2D eigenvalue weighted by molar-refractivity contribution is 5.70. The molecule has 0 spiro atoms. The summed E-state index contributed by atoms with van der Waals surface area (Å²) in [6, 6.07) is 0. The van der Waals surface area contributed by atoms with E-state index in [0.717, 1.165) is 19.3 Å². The molecular formula is C19H36O2. The van der Waals surface area contributed by atoms with Gasteiger partial charge in [0.25, 0.3) is 0 Å². The van der Waals surface area contributed by atoms with Crippen LogP contribution in [-0.2, 0) is 9.53 Å². The summed E-state index contributed by atoms with van der Waals surface area (Å²) in [4.78, 5) is 11.2. The number of unbranched alkanes of at least 4 members (excludes halogenated alkanes) is 11. The number of esters is 1. The zero-order chi connectivity index (χ0) is 15.2. The van der Waals surface area contributed by atoms with E-state index in [0.29, 0.717) is 6.42 Å². The molecule has 0 aromatic carbocycles. The molecule has 2 heteroatoms. The summed E-state index contributed by atoms with van der Waals surface area (Å²) in [7, 11) is 0. The van der Waals surface area contributed by atoms with Gasteiger partial charge in [0.1, 0.15) is 6.10 Å². The Labute approximate surface area is 132 Å². The van der Waals surface area contributed by atoms with Gasteiger partial charge in [-0.1, -0.05) is 77.6 Å². The third-order valence-corrected chi connectivity index (χ3v) is 4.58. The summed E-state index contributed by atoms with van der Waals surface area (Å²) in [6.07, 6.45) is 20.7. The summed E-state index contributed by atoms with van der Waals surface area (Å²) in [5.41, 5.74) is 0. The summed E-state index contributed by atoms with van der Waals surface area (Å²) >= 11 is 0. The van der Waals surface area contributed by atoms with Gasteiger partial charge in [0, 0.05) is 6.42 Å². The van der Waals surface area contributed by atoms with Gasteiger partial charge in [0.2, 0.25) is 0 Å². The Hall–Kier alpha value is -0.530. The molecule has 0 amide bonds. The Bertz CT molecular complexity index is 250. The van der Waals surface area contributed by atoms with Crippen molar-refractivity contribution in [3.8, 4) is 0 Å². The largest absolute Gasteiger partial charge is 0.462 e. The Morgan fingerprint density at radius 2 is 1.38 bits per heavy atom. The average molecular weight is 296 g/mol. The highest BCUT2D eigenvalue weighted by Crippen LogP contribution is 2.20. The SMILES string of the molecule is CCCCCCCCCCCCCCC1CCCC(=O)O1. The first kappa shape index (κ1) is 18.5. The molecule has 2 nitrogen and oxygen atoms in total. The van der Waals surface area contributed by atoms with Gasteiger partial charge in [0.05, 0.1) is 0 Å². The van der Waals surface area contributed by atoms with Crippen LogP contribution in [0.25, 0.3) is 0 Å². The topological polar surface area (TPSA) is 26.3 Å². The number of hydrogen-bond acceptors (Lipinski definition) is 2. The number of rotatable bonds is 13. The standard InChI is InChI=1S/C19H36O2/c1-2-3-4-5-6-7-8-9-10-11-12-13-15-18-16-14-17-19(20)21-18/h18H,2-17H2,1H3. The molecule has 0 aromatic rings. The monoisotopic (exact) mass is 296 g/mol. The number of carbonyl (C=O) groups excluding carboxylic acids is 1. The van der Waals surface area contributed by atoms with E-state index in [1.807, 2.05) is 0 Å². The maximum absolute atomic E-state index is 11.2. The smallest absolute Gasteiger partial charge is 0.306 e. The van der Waals surface area contributed by atoms with Crippen LogP contribution in [0.4, 0.5) is 0 Å². The van der Waals surface area contributed by atoms with Crippen LogP contribution in [0.3, 0.4) is 0 Å². The number of hydrogen-bond donors (Lipinski definition) is 0. The molecule has 1 aliphatic rings. The predicted molar refractivity (Wildman–Crippen MR) is 89.4 cm³/mol. The molecule has 124 valence electrons.